The molecule has 0 saturated heterocycles. The summed E-state index contributed by atoms with van der Waals surface area (Å²) < 4.78 is 6.82. The van der Waals surface area contributed by atoms with Crippen molar-refractivity contribution in [3.05, 3.63) is 60.2 Å². The van der Waals surface area contributed by atoms with Gasteiger partial charge in [-0.1, -0.05) is 24.3 Å². The molecule has 4 heteroatoms. The molecule has 0 N–H and O–H groups in total. The van der Waals surface area contributed by atoms with E-state index in [1.165, 1.54) is 11.6 Å². The van der Waals surface area contributed by atoms with Gasteiger partial charge in [0.2, 0.25) is 0 Å². The maximum atomic E-state index is 11.2. The zero-order valence-electron chi connectivity index (χ0n) is 10.8. The fraction of sp³-hybridized carbons (Fsp3) is 0.200. The third-order valence-electron chi connectivity index (χ3n) is 2.60. The first-order valence-corrected chi connectivity index (χ1v) is 6.17. The Morgan fingerprint density at radius 1 is 1.37 bits per heavy atom. The second kappa shape index (κ2) is 6.54. The van der Waals surface area contributed by atoms with E-state index in [1.807, 2.05) is 35.0 Å². The number of aromatic nitrogens is 2. The Labute approximate surface area is 112 Å². The molecule has 0 aliphatic carbocycles. The Morgan fingerprint density at radius 2 is 2.16 bits per heavy atom. The first-order chi connectivity index (χ1) is 9.28. The molecule has 0 aliphatic rings. The highest BCUT2D eigenvalue weighted by atomic mass is 16.5. The van der Waals surface area contributed by atoms with Crippen LogP contribution in [0, 0.1) is 0 Å². The molecule has 2 rings (SSSR count). The molecule has 0 fully saturated rings. The minimum atomic E-state index is -0.315. The van der Waals surface area contributed by atoms with E-state index >= 15 is 0 Å². The molecule has 0 amide bonds. The van der Waals surface area contributed by atoms with Crippen LogP contribution in [0.15, 0.2) is 49.1 Å². The number of imidazole rings is 1. The van der Waals surface area contributed by atoms with Crippen molar-refractivity contribution in [2.45, 2.75) is 13.5 Å². The van der Waals surface area contributed by atoms with E-state index in [4.69, 9.17) is 4.74 Å². The molecule has 1 aromatic heterocycles. The lowest BCUT2D eigenvalue weighted by atomic mass is 10.1. The van der Waals surface area contributed by atoms with Crippen LogP contribution in [0.2, 0.25) is 0 Å². The molecule has 98 valence electrons. The van der Waals surface area contributed by atoms with Crippen LogP contribution in [0.3, 0.4) is 0 Å². The number of carbonyl (C=O) groups is 1. The standard InChI is InChI=1S/C15H16N2O2/c1-2-19-15(18)8-7-13-3-5-14(6-4-13)11-17-10-9-16-12-17/h3-10,12H,2,11H2,1H3/b8-7-. The number of esters is 1. The first-order valence-electron chi connectivity index (χ1n) is 6.17. The van der Waals surface area contributed by atoms with Crippen molar-refractivity contribution < 1.29 is 9.53 Å². The smallest absolute Gasteiger partial charge is 0.330 e. The summed E-state index contributed by atoms with van der Waals surface area (Å²) in [6.07, 6.45) is 8.66. The van der Waals surface area contributed by atoms with E-state index in [1.54, 1.807) is 25.5 Å². The van der Waals surface area contributed by atoms with E-state index in [2.05, 4.69) is 4.98 Å². The highest BCUT2D eigenvalue weighted by molar-refractivity contribution is 5.86. The third-order valence-corrected chi connectivity index (χ3v) is 2.60. The fourth-order valence-corrected chi connectivity index (χ4v) is 1.68. The van der Waals surface area contributed by atoms with Crippen molar-refractivity contribution in [3.63, 3.8) is 0 Å². The average molecular weight is 256 g/mol. The number of hydrogen-bond acceptors (Lipinski definition) is 3. The fourth-order valence-electron chi connectivity index (χ4n) is 1.68. The van der Waals surface area contributed by atoms with Crippen molar-refractivity contribution in [3.8, 4) is 0 Å². The zero-order valence-corrected chi connectivity index (χ0v) is 10.8. The van der Waals surface area contributed by atoms with Gasteiger partial charge in [0.25, 0.3) is 0 Å². The lowest BCUT2D eigenvalue weighted by Gasteiger charge is -2.02. The number of hydrogen-bond donors (Lipinski definition) is 0. The normalized spacial score (nSPS) is 10.8. The lowest BCUT2D eigenvalue weighted by Crippen LogP contribution is -1.98. The Bertz CT molecular complexity index is 542. The Balaban J connectivity index is 1.96. The summed E-state index contributed by atoms with van der Waals surface area (Å²) in [4.78, 5) is 15.2. The molecule has 0 spiro atoms. The topological polar surface area (TPSA) is 44.1 Å². The van der Waals surface area contributed by atoms with Crippen LogP contribution < -0.4 is 0 Å². The van der Waals surface area contributed by atoms with Gasteiger partial charge < -0.3 is 9.30 Å². The molecule has 0 unspecified atom stereocenters. The molecular weight excluding hydrogens is 240 g/mol. The van der Waals surface area contributed by atoms with Crippen molar-refractivity contribution in [1.82, 2.24) is 9.55 Å². The van der Waals surface area contributed by atoms with Gasteiger partial charge in [-0.05, 0) is 24.1 Å². The van der Waals surface area contributed by atoms with Crippen LogP contribution in [-0.4, -0.2) is 22.1 Å². The van der Waals surface area contributed by atoms with E-state index in [-0.39, 0.29) is 5.97 Å². The van der Waals surface area contributed by atoms with Gasteiger partial charge in [0.1, 0.15) is 0 Å². The predicted octanol–water partition coefficient (Wildman–Crippen LogP) is 2.51. The summed E-state index contributed by atoms with van der Waals surface area (Å²) in [7, 11) is 0. The van der Waals surface area contributed by atoms with Crippen LogP contribution in [0.5, 0.6) is 0 Å². The number of ether oxygens (including phenoxy) is 1. The van der Waals surface area contributed by atoms with Crippen LogP contribution in [0.25, 0.3) is 6.08 Å². The van der Waals surface area contributed by atoms with Crippen molar-refractivity contribution in [1.29, 1.82) is 0 Å². The summed E-state index contributed by atoms with van der Waals surface area (Å²) in [5, 5.41) is 0. The first kappa shape index (κ1) is 13.1. The zero-order chi connectivity index (χ0) is 13.5. The molecule has 0 bridgehead atoms. The monoisotopic (exact) mass is 256 g/mol. The average Bonchev–Trinajstić information content (AvgIpc) is 2.91. The van der Waals surface area contributed by atoms with Crippen molar-refractivity contribution in [2.24, 2.45) is 0 Å². The maximum Gasteiger partial charge on any atom is 0.330 e. The van der Waals surface area contributed by atoms with Crippen LogP contribution in [-0.2, 0) is 16.1 Å². The molecule has 0 radical (unpaired) electrons. The molecule has 0 atom stereocenters. The highest BCUT2D eigenvalue weighted by Gasteiger charge is 1.96. The number of rotatable bonds is 5. The van der Waals surface area contributed by atoms with E-state index in [0.717, 1.165) is 12.1 Å². The van der Waals surface area contributed by atoms with Gasteiger partial charge in [-0.3, -0.25) is 0 Å². The second-order valence-electron chi connectivity index (χ2n) is 4.06. The molecular formula is C15H16N2O2. The lowest BCUT2D eigenvalue weighted by molar-refractivity contribution is -0.137. The molecule has 0 saturated carbocycles. The van der Waals surface area contributed by atoms with Crippen LogP contribution >= 0.6 is 0 Å². The van der Waals surface area contributed by atoms with E-state index in [0.29, 0.717) is 6.61 Å². The summed E-state index contributed by atoms with van der Waals surface area (Å²) in [6.45, 7) is 2.98. The van der Waals surface area contributed by atoms with Gasteiger partial charge in [0.05, 0.1) is 12.9 Å². The van der Waals surface area contributed by atoms with Gasteiger partial charge in [0, 0.05) is 25.0 Å². The summed E-state index contributed by atoms with van der Waals surface area (Å²) in [5.74, 6) is -0.315. The number of nitrogens with zero attached hydrogens (tertiary/aromatic N) is 2. The summed E-state index contributed by atoms with van der Waals surface area (Å²) in [6, 6.07) is 8.01. The van der Waals surface area contributed by atoms with Crippen molar-refractivity contribution >= 4 is 12.0 Å². The van der Waals surface area contributed by atoms with Gasteiger partial charge in [-0.25, -0.2) is 9.78 Å². The van der Waals surface area contributed by atoms with Gasteiger partial charge in [0.15, 0.2) is 0 Å². The van der Waals surface area contributed by atoms with E-state index < -0.39 is 0 Å². The Morgan fingerprint density at radius 3 is 2.79 bits per heavy atom. The summed E-state index contributed by atoms with van der Waals surface area (Å²) in [5.41, 5.74) is 2.16. The summed E-state index contributed by atoms with van der Waals surface area (Å²) >= 11 is 0. The molecule has 0 aliphatic heterocycles. The van der Waals surface area contributed by atoms with Crippen LogP contribution in [0.4, 0.5) is 0 Å². The van der Waals surface area contributed by atoms with E-state index in [9.17, 15) is 4.79 Å². The van der Waals surface area contributed by atoms with Crippen LogP contribution in [0.1, 0.15) is 18.1 Å². The number of carbonyl (C=O) groups excluding carboxylic acids is 1. The largest absolute Gasteiger partial charge is 0.463 e. The Hall–Kier alpha value is -2.36. The van der Waals surface area contributed by atoms with Crippen molar-refractivity contribution in [2.75, 3.05) is 6.61 Å². The molecule has 4 nitrogen and oxygen atoms in total. The minimum absolute atomic E-state index is 0.315. The molecule has 1 aromatic carbocycles. The Kier molecular flexibility index (Phi) is 4.50. The third kappa shape index (κ3) is 4.10. The van der Waals surface area contributed by atoms with Gasteiger partial charge >= 0.3 is 5.97 Å². The predicted molar refractivity (Wildman–Crippen MR) is 73.4 cm³/mol. The van der Waals surface area contributed by atoms with Gasteiger partial charge in [-0.15, -0.1) is 0 Å². The molecule has 2 aromatic rings. The molecule has 1 heterocycles. The molecule has 19 heavy (non-hydrogen) atoms. The second-order valence-corrected chi connectivity index (χ2v) is 4.06. The highest BCUT2D eigenvalue weighted by Crippen LogP contribution is 2.08. The SMILES string of the molecule is CCOC(=O)/C=C\c1ccc(Cn2ccnc2)cc1. The quantitative estimate of drug-likeness (QED) is 0.610. The maximum absolute atomic E-state index is 11.2. The minimum Gasteiger partial charge on any atom is -0.463 e. The number of benzene rings is 1. The van der Waals surface area contributed by atoms with Gasteiger partial charge in [-0.2, -0.15) is 0 Å².